The molecule has 0 aliphatic heterocycles. The Kier molecular flexibility index (Phi) is 4.37. The highest BCUT2D eigenvalue weighted by Gasteiger charge is 2.53. The van der Waals surface area contributed by atoms with Crippen molar-refractivity contribution >= 4 is 23.2 Å². The maximum atomic E-state index is 6.44. The topological polar surface area (TPSA) is 9.23 Å². The number of hydrogen-bond donors (Lipinski definition) is 0. The first-order valence-corrected chi connectivity index (χ1v) is 7.83. The Morgan fingerprint density at radius 3 is 2.16 bits per heavy atom. The normalized spacial score (nSPS) is 24.9. The van der Waals surface area contributed by atoms with Crippen molar-refractivity contribution in [1.29, 1.82) is 0 Å². The third kappa shape index (κ3) is 2.48. The van der Waals surface area contributed by atoms with Crippen molar-refractivity contribution in [2.24, 2.45) is 5.41 Å². The highest BCUT2D eigenvalue weighted by Crippen LogP contribution is 2.52. The van der Waals surface area contributed by atoms with E-state index in [0.717, 1.165) is 41.2 Å². The SMILES string of the molecule is CCC1(CC)C(Cl)CC1Oc1c(C)cc(Cl)cc1C. The van der Waals surface area contributed by atoms with E-state index in [-0.39, 0.29) is 16.9 Å². The number of aryl methyl sites for hydroxylation is 2. The van der Waals surface area contributed by atoms with Crippen LogP contribution in [0.2, 0.25) is 5.02 Å². The largest absolute Gasteiger partial charge is 0.489 e. The van der Waals surface area contributed by atoms with Crippen LogP contribution in [0.5, 0.6) is 5.75 Å². The second kappa shape index (κ2) is 5.54. The van der Waals surface area contributed by atoms with Crippen molar-refractivity contribution in [2.75, 3.05) is 0 Å². The molecule has 1 aromatic rings. The molecule has 3 heteroatoms. The van der Waals surface area contributed by atoms with Crippen LogP contribution < -0.4 is 4.74 Å². The fourth-order valence-electron chi connectivity index (χ4n) is 3.24. The minimum Gasteiger partial charge on any atom is -0.489 e. The molecule has 0 saturated heterocycles. The second-order valence-electron chi connectivity index (χ2n) is 5.62. The van der Waals surface area contributed by atoms with Crippen LogP contribution in [0.4, 0.5) is 0 Å². The first kappa shape index (κ1) is 15.0. The molecule has 1 aromatic carbocycles. The predicted molar refractivity (Wildman–Crippen MR) is 82.6 cm³/mol. The van der Waals surface area contributed by atoms with Crippen molar-refractivity contribution in [2.45, 2.75) is 58.4 Å². The van der Waals surface area contributed by atoms with Crippen molar-refractivity contribution < 1.29 is 4.74 Å². The lowest BCUT2D eigenvalue weighted by molar-refractivity contribution is -0.0468. The van der Waals surface area contributed by atoms with Crippen LogP contribution in [0.25, 0.3) is 0 Å². The third-order valence-electron chi connectivity index (χ3n) is 4.69. The molecule has 1 aliphatic carbocycles. The molecule has 0 aromatic heterocycles. The summed E-state index contributed by atoms with van der Waals surface area (Å²) < 4.78 is 6.29. The molecule has 0 amide bonds. The van der Waals surface area contributed by atoms with Gasteiger partial charge in [0.15, 0.2) is 0 Å². The summed E-state index contributed by atoms with van der Waals surface area (Å²) in [6.45, 7) is 8.50. The minimum absolute atomic E-state index is 0.125. The lowest BCUT2D eigenvalue weighted by atomic mass is 9.62. The monoisotopic (exact) mass is 300 g/mol. The Labute approximate surface area is 126 Å². The quantitative estimate of drug-likeness (QED) is 0.665. The van der Waals surface area contributed by atoms with E-state index in [4.69, 9.17) is 27.9 Å². The van der Waals surface area contributed by atoms with Crippen molar-refractivity contribution in [3.63, 3.8) is 0 Å². The summed E-state index contributed by atoms with van der Waals surface area (Å²) in [5.41, 5.74) is 2.33. The van der Waals surface area contributed by atoms with Gasteiger partial charge in [0, 0.05) is 22.2 Å². The molecular weight excluding hydrogens is 279 g/mol. The average molecular weight is 301 g/mol. The first-order chi connectivity index (χ1) is 8.94. The molecule has 19 heavy (non-hydrogen) atoms. The van der Waals surface area contributed by atoms with E-state index in [1.54, 1.807) is 0 Å². The third-order valence-corrected chi connectivity index (χ3v) is 5.52. The molecule has 2 rings (SSSR count). The van der Waals surface area contributed by atoms with Gasteiger partial charge >= 0.3 is 0 Å². The number of benzene rings is 1. The molecule has 2 unspecified atom stereocenters. The molecule has 0 heterocycles. The fraction of sp³-hybridized carbons (Fsp3) is 0.625. The summed E-state index contributed by atoms with van der Waals surface area (Å²) in [5, 5.41) is 1.00. The Morgan fingerprint density at radius 2 is 1.74 bits per heavy atom. The Hall–Kier alpha value is -0.400. The number of hydrogen-bond acceptors (Lipinski definition) is 1. The molecule has 0 N–H and O–H groups in total. The second-order valence-corrected chi connectivity index (χ2v) is 6.58. The van der Waals surface area contributed by atoms with E-state index in [1.165, 1.54) is 0 Å². The molecule has 1 aliphatic rings. The smallest absolute Gasteiger partial charge is 0.125 e. The van der Waals surface area contributed by atoms with Crippen molar-refractivity contribution in [3.8, 4) is 5.75 Å². The summed E-state index contributed by atoms with van der Waals surface area (Å²) >= 11 is 12.5. The first-order valence-electron chi connectivity index (χ1n) is 7.02. The van der Waals surface area contributed by atoms with E-state index in [2.05, 4.69) is 13.8 Å². The van der Waals surface area contributed by atoms with Crippen LogP contribution in [-0.4, -0.2) is 11.5 Å². The summed E-state index contributed by atoms with van der Waals surface area (Å²) in [5.74, 6) is 0.976. The summed E-state index contributed by atoms with van der Waals surface area (Å²) in [6.07, 6.45) is 3.29. The van der Waals surface area contributed by atoms with Gasteiger partial charge in [-0.1, -0.05) is 25.4 Å². The fourth-order valence-corrected chi connectivity index (χ4v) is 4.18. The van der Waals surface area contributed by atoms with Gasteiger partial charge in [-0.05, 0) is 49.9 Å². The van der Waals surface area contributed by atoms with Gasteiger partial charge in [-0.3, -0.25) is 0 Å². The summed E-state index contributed by atoms with van der Waals surface area (Å²) in [6, 6.07) is 3.92. The molecule has 0 spiro atoms. The molecule has 1 fully saturated rings. The zero-order valence-corrected chi connectivity index (χ0v) is 13.6. The van der Waals surface area contributed by atoms with Crippen LogP contribution in [0.3, 0.4) is 0 Å². The van der Waals surface area contributed by atoms with Gasteiger partial charge in [0.2, 0.25) is 0 Å². The molecular formula is C16H22Cl2O. The Balaban J connectivity index is 2.23. The molecule has 1 nitrogen and oxygen atoms in total. The van der Waals surface area contributed by atoms with Crippen molar-refractivity contribution in [1.82, 2.24) is 0 Å². The van der Waals surface area contributed by atoms with Gasteiger partial charge in [0.25, 0.3) is 0 Å². The van der Waals surface area contributed by atoms with E-state index >= 15 is 0 Å². The van der Waals surface area contributed by atoms with E-state index in [0.29, 0.717) is 0 Å². The number of halogens is 2. The van der Waals surface area contributed by atoms with Crippen LogP contribution >= 0.6 is 23.2 Å². The van der Waals surface area contributed by atoms with Crippen LogP contribution in [0.1, 0.15) is 44.2 Å². The van der Waals surface area contributed by atoms with E-state index in [1.807, 2.05) is 26.0 Å². The molecule has 0 radical (unpaired) electrons. The number of alkyl halides is 1. The van der Waals surface area contributed by atoms with Gasteiger partial charge in [-0.15, -0.1) is 11.6 Å². The van der Waals surface area contributed by atoms with Gasteiger partial charge < -0.3 is 4.74 Å². The number of ether oxygens (including phenoxy) is 1. The van der Waals surface area contributed by atoms with Crippen LogP contribution in [-0.2, 0) is 0 Å². The zero-order valence-electron chi connectivity index (χ0n) is 12.1. The Bertz CT molecular complexity index is 443. The maximum absolute atomic E-state index is 6.44. The van der Waals surface area contributed by atoms with Gasteiger partial charge in [-0.25, -0.2) is 0 Å². The van der Waals surface area contributed by atoms with Gasteiger partial charge in [0.05, 0.1) is 0 Å². The van der Waals surface area contributed by atoms with Crippen LogP contribution in [0, 0.1) is 19.3 Å². The average Bonchev–Trinajstić information content (AvgIpc) is 2.33. The predicted octanol–water partition coefficient (Wildman–Crippen LogP) is 5.52. The molecule has 0 bridgehead atoms. The highest BCUT2D eigenvalue weighted by molar-refractivity contribution is 6.30. The Morgan fingerprint density at radius 1 is 1.21 bits per heavy atom. The summed E-state index contributed by atoms with van der Waals surface area (Å²) in [7, 11) is 0. The van der Waals surface area contributed by atoms with Gasteiger partial charge in [-0.2, -0.15) is 0 Å². The maximum Gasteiger partial charge on any atom is 0.125 e. The van der Waals surface area contributed by atoms with Crippen LogP contribution in [0.15, 0.2) is 12.1 Å². The standard InChI is InChI=1S/C16H22Cl2O/c1-5-16(6-2)13(18)9-14(16)19-15-10(3)7-12(17)8-11(15)4/h7-8,13-14H,5-6,9H2,1-4H3. The van der Waals surface area contributed by atoms with Gasteiger partial charge in [0.1, 0.15) is 11.9 Å². The minimum atomic E-state index is 0.125. The number of rotatable bonds is 4. The highest BCUT2D eigenvalue weighted by atomic mass is 35.5. The molecule has 106 valence electrons. The zero-order chi connectivity index (χ0) is 14.2. The molecule has 2 atom stereocenters. The van der Waals surface area contributed by atoms with E-state index < -0.39 is 0 Å². The molecule has 1 saturated carbocycles. The van der Waals surface area contributed by atoms with Crippen molar-refractivity contribution in [3.05, 3.63) is 28.3 Å². The lowest BCUT2D eigenvalue weighted by Crippen LogP contribution is -2.56. The summed E-state index contributed by atoms with van der Waals surface area (Å²) in [4.78, 5) is 0. The lowest BCUT2D eigenvalue weighted by Gasteiger charge is -2.52. The van der Waals surface area contributed by atoms with E-state index in [9.17, 15) is 0 Å².